The molecule has 0 radical (unpaired) electrons. The van der Waals surface area contributed by atoms with E-state index in [1.54, 1.807) is 6.92 Å². The van der Waals surface area contributed by atoms with Crippen LogP contribution in [0.2, 0.25) is 0 Å². The topological polar surface area (TPSA) is 63.2 Å². The second-order valence-corrected chi connectivity index (χ2v) is 7.14. The molecule has 2 aromatic rings. The van der Waals surface area contributed by atoms with Crippen LogP contribution in [0.3, 0.4) is 0 Å². The minimum absolute atomic E-state index is 0.0373. The van der Waals surface area contributed by atoms with Gasteiger partial charge in [0.05, 0.1) is 10.6 Å². The maximum Gasteiger partial charge on any atom is 0.225 e. The van der Waals surface area contributed by atoms with Crippen molar-refractivity contribution in [2.75, 3.05) is 11.1 Å². The van der Waals surface area contributed by atoms with Crippen LogP contribution in [0.15, 0.2) is 47.4 Å². The van der Waals surface area contributed by atoms with Crippen molar-refractivity contribution in [3.05, 3.63) is 59.7 Å². The normalized spacial score (nSPS) is 11.3. The number of hydrogen-bond donors (Lipinski definition) is 1. The lowest BCUT2D eigenvalue weighted by Crippen LogP contribution is -2.18. The number of halogens is 2. The van der Waals surface area contributed by atoms with Crippen molar-refractivity contribution in [3.8, 4) is 0 Å². The van der Waals surface area contributed by atoms with Gasteiger partial charge in [-0.1, -0.05) is 0 Å². The molecule has 0 aliphatic heterocycles. The third-order valence-corrected chi connectivity index (χ3v) is 4.97. The van der Waals surface area contributed by atoms with Crippen LogP contribution in [0.25, 0.3) is 0 Å². The number of rotatable bonds is 5. The molecule has 0 atom stereocenters. The van der Waals surface area contributed by atoms with E-state index < -0.39 is 33.1 Å². The summed E-state index contributed by atoms with van der Waals surface area (Å²) in [6, 6.07) is 8.31. The Bertz CT molecular complexity index is 818. The van der Waals surface area contributed by atoms with Crippen LogP contribution in [-0.4, -0.2) is 20.1 Å². The maximum absolute atomic E-state index is 13.0. The first-order valence-corrected chi connectivity index (χ1v) is 8.47. The van der Waals surface area contributed by atoms with Gasteiger partial charge < -0.3 is 5.32 Å². The maximum atomic E-state index is 13.0. The smallest absolute Gasteiger partial charge is 0.225 e. The zero-order valence-corrected chi connectivity index (χ0v) is 13.2. The van der Waals surface area contributed by atoms with Gasteiger partial charge in [0.25, 0.3) is 0 Å². The lowest BCUT2D eigenvalue weighted by molar-refractivity contribution is -0.115. The molecule has 2 rings (SSSR count). The largest absolute Gasteiger partial charge is 0.326 e. The fraction of sp³-hybridized carbons (Fsp3) is 0.188. The highest BCUT2D eigenvalue weighted by atomic mass is 32.2. The highest BCUT2D eigenvalue weighted by Crippen LogP contribution is 2.17. The van der Waals surface area contributed by atoms with Gasteiger partial charge in [-0.15, -0.1) is 0 Å². The van der Waals surface area contributed by atoms with Crippen molar-refractivity contribution in [2.24, 2.45) is 0 Å². The first-order chi connectivity index (χ1) is 10.8. The number of benzene rings is 2. The summed E-state index contributed by atoms with van der Waals surface area (Å²) in [5.41, 5.74) is 0.968. The number of nitrogens with one attached hydrogen (secondary N) is 1. The van der Waals surface area contributed by atoms with Crippen LogP contribution in [0.1, 0.15) is 12.0 Å². The molecule has 122 valence electrons. The van der Waals surface area contributed by atoms with Gasteiger partial charge >= 0.3 is 0 Å². The molecule has 0 aliphatic rings. The number of anilines is 1. The summed E-state index contributed by atoms with van der Waals surface area (Å²) >= 11 is 0. The van der Waals surface area contributed by atoms with Gasteiger partial charge in [-0.2, -0.15) is 0 Å². The summed E-state index contributed by atoms with van der Waals surface area (Å²) in [5, 5.41) is 2.54. The van der Waals surface area contributed by atoms with Gasteiger partial charge in [-0.05, 0) is 55.0 Å². The molecule has 1 N–H and O–H groups in total. The SMILES string of the molecule is Cc1cc(F)ccc1NC(=O)CCS(=O)(=O)c1ccc(F)cc1. The lowest BCUT2D eigenvalue weighted by Gasteiger charge is -2.09. The van der Waals surface area contributed by atoms with E-state index in [0.717, 1.165) is 24.3 Å². The van der Waals surface area contributed by atoms with Crippen molar-refractivity contribution in [1.82, 2.24) is 0 Å². The van der Waals surface area contributed by atoms with Gasteiger partial charge in [0.15, 0.2) is 9.84 Å². The number of sulfone groups is 1. The highest BCUT2D eigenvalue weighted by Gasteiger charge is 2.17. The molecule has 7 heteroatoms. The molecule has 0 unspecified atom stereocenters. The van der Waals surface area contributed by atoms with Crippen LogP contribution in [0, 0.1) is 18.6 Å². The van der Waals surface area contributed by atoms with E-state index in [1.165, 1.54) is 18.2 Å². The van der Waals surface area contributed by atoms with E-state index in [0.29, 0.717) is 11.3 Å². The molecule has 0 heterocycles. The molecule has 2 aromatic carbocycles. The highest BCUT2D eigenvalue weighted by molar-refractivity contribution is 7.91. The Kier molecular flexibility index (Phi) is 5.10. The van der Waals surface area contributed by atoms with Gasteiger partial charge in [0.2, 0.25) is 5.91 Å². The molecule has 0 aromatic heterocycles. The predicted octanol–water partition coefficient (Wildman–Crippen LogP) is 3.08. The Hall–Kier alpha value is -2.28. The predicted molar refractivity (Wildman–Crippen MR) is 82.8 cm³/mol. The molecule has 0 bridgehead atoms. The zero-order chi connectivity index (χ0) is 17.0. The number of aryl methyl sites for hydroxylation is 1. The van der Waals surface area contributed by atoms with Crippen molar-refractivity contribution >= 4 is 21.4 Å². The second kappa shape index (κ2) is 6.87. The molecule has 4 nitrogen and oxygen atoms in total. The molecule has 0 aliphatic carbocycles. The fourth-order valence-electron chi connectivity index (χ4n) is 1.97. The van der Waals surface area contributed by atoms with Crippen molar-refractivity contribution < 1.29 is 22.0 Å². The van der Waals surface area contributed by atoms with Gasteiger partial charge in [0.1, 0.15) is 11.6 Å². The van der Waals surface area contributed by atoms with Crippen LogP contribution in [0.4, 0.5) is 14.5 Å². The molecule has 0 saturated carbocycles. The van der Waals surface area contributed by atoms with Gasteiger partial charge in [-0.3, -0.25) is 4.79 Å². The van der Waals surface area contributed by atoms with Crippen LogP contribution in [0.5, 0.6) is 0 Å². The number of hydrogen-bond acceptors (Lipinski definition) is 3. The fourth-order valence-corrected chi connectivity index (χ4v) is 3.21. The van der Waals surface area contributed by atoms with E-state index in [1.807, 2.05) is 0 Å². The Morgan fingerprint density at radius 3 is 2.26 bits per heavy atom. The molecule has 0 fully saturated rings. The Labute approximate surface area is 133 Å². The minimum atomic E-state index is -3.67. The number of amides is 1. The van der Waals surface area contributed by atoms with E-state index in [-0.39, 0.29) is 11.3 Å². The van der Waals surface area contributed by atoms with Gasteiger partial charge in [0, 0.05) is 12.1 Å². The molecule has 23 heavy (non-hydrogen) atoms. The molecule has 0 spiro atoms. The summed E-state index contributed by atoms with van der Waals surface area (Å²) < 4.78 is 49.9. The average Bonchev–Trinajstić information content (AvgIpc) is 2.49. The average molecular weight is 339 g/mol. The minimum Gasteiger partial charge on any atom is -0.326 e. The van der Waals surface area contributed by atoms with E-state index in [2.05, 4.69) is 5.32 Å². The summed E-state index contributed by atoms with van der Waals surface area (Å²) in [4.78, 5) is 11.8. The van der Waals surface area contributed by atoms with E-state index in [9.17, 15) is 22.0 Å². The molecular weight excluding hydrogens is 324 g/mol. The van der Waals surface area contributed by atoms with Crippen LogP contribution < -0.4 is 5.32 Å². The standard InChI is InChI=1S/C16H15F2NO3S/c1-11-10-13(18)4-7-15(11)19-16(20)8-9-23(21,22)14-5-2-12(17)3-6-14/h2-7,10H,8-9H2,1H3,(H,19,20). The third kappa shape index (κ3) is 4.59. The third-order valence-electron chi connectivity index (χ3n) is 3.23. The summed E-state index contributed by atoms with van der Waals surface area (Å²) in [5.74, 6) is -1.84. The summed E-state index contributed by atoms with van der Waals surface area (Å²) in [6.45, 7) is 1.63. The number of carbonyl (C=O) groups excluding carboxylic acids is 1. The van der Waals surface area contributed by atoms with E-state index in [4.69, 9.17) is 0 Å². The van der Waals surface area contributed by atoms with Crippen molar-refractivity contribution in [2.45, 2.75) is 18.2 Å². The summed E-state index contributed by atoms with van der Waals surface area (Å²) in [7, 11) is -3.67. The van der Waals surface area contributed by atoms with Crippen molar-refractivity contribution in [1.29, 1.82) is 0 Å². The lowest BCUT2D eigenvalue weighted by atomic mass is 10.2. The van der Waals surface area contributed by atoms with Crippen LogP contribution >= 0.6 is 0 Å². The molecule has 0 saturated heterocycles. The molecule has 1 amide bonds. The van der Waals surface area contributed by atoms with Crippen molar-refractivity contribution in [3.63, 3.8) is 0 Å². The van der Waals surface area contributed by atoms with E-state index >= 15 is 0 Å². The zero-order valence-electron chi connectivity index (χ0n) is 12.3. The summed E-state index contributed by atoms with van der Waals surface area (Å²) in [6.07, 6.45) is -0.253. The Morgan fingerprint density at radius 1 is 1.04 bits per heavy atom. The Balaban J connectivity index is 1.99. The van der Waals surface area contributed by atoms with Crippen LogP contribution in [-0.2, 0) is 14.6 Å². The Morgan fingerprint density at radius 2 is 1.65 bits per heavy atom. The molecular formula is C16H15F2NO3S. The monoisotopic (exact) mass is 339 g/mol. The quantitative estimate of drug-likeness (QED) is 0.852. The number of carbonyl (C=O) groups is 1. The first kappa shape index (κ1) is 17.1. The van der Waals surface area contributed by atoms with Gasteiger partial charge in [-0.25, -0.2) is 17.2 Å². The first-order valence-electron chi connectivity index (χ1n) is 6.82. The second-order valence-electron chi connectivity index (χ2n) is 5.03.